The Morgan fingerprint density at radius 2 is 1.64 bits per heavy atom. The van der Waals surface area contributed by atoms with E-state index in [1.54, 1.807) is 18.2 Å². The number of para-hydroxylation sites is 1. The molecular formula is C25H23N5O2S. The zero-order valence-electron chi connectivity index (χ0n) is 18.6. The molecule has 3 aromatic carbocycles. The maximum Gasteiger partial charge on any atom is 0.229 e. The number of aromatic nitrogens is 4. The first-order valence-electron chi connectivity index (χ1n) is 10.6. The van der Waals surface area contributed by atoms with Crippen LogP contribution in [-0.4, -0.2) is 28.2 Å². The van der Waals surface area contributed by atoms with Crippen molar-refractivity contribution in [2.24, 2.45) is 0 Å². The fraction of sp³-hybridized carbons (Fsp3) is 0.160. The van der Waals surface area contributed by atoms with Gasteiger partial charge in [-0.3, -0.25) is 0 Å². The van der Waals surface area contributed by atoms with Gasteiger partial charge in [-0.2, -0.15) is 4.52 Å². The molecule has 1 N–H and O–H groups in total. The minimum absolute atomic E-state index is 0.157. The molecule has 0 radical (unpaired) electrons. The van der Waals surface area contributed by atoms with E-state index in [1.165, 1.54) is 10.1 Å². The van der Waals surface area contributed by atoms with Gasteiger partial charge >= 0.3 is 0 Å². The van der Waals surface area contributed by atoms with Gasteiger partial charge in [0.25, 0.3) is 0 Å². The van der Waals surface area contributed by atoms with E-state index in [-0.39, 0.29) is 15.6 Å². The van der Waals surface area contributed by atoms with E-state index in [2.05, 4.69) is 39.7 Å². The molecule has 0 spiro atoms. The van der Waals surface area contributed by atoms with Crippen molar-refractivity contribution in [1.29, 1.82) is 0 Å². The van der Waals surface area contributed by atoms with Crippen LogP contribution in [0.1, 0.15) is 22.3 Å². The van der Waals surface area contributed by atoms with Crippen LogP contribution in [0, 0.1) is 20.8 Å². The van der Waals surface area contributed by atoms with E-state index in [0.29, 0.717) is 12.4 Å². The molecule has 0 saturated carbocycles. The van der Waals surface area contributed by atoms with Crippen LogP contribution in [-0.2, 0) is 16.4 Å². The number of benzene rings is 3. The molecule has 0 atom stereocenters. The molecule has 33 heavy (non-hydrogen) atoms. The molecule has 166 valence electrons. The maximum absolute atomic E-state index is 13.5. The Labute approximate surface area is 192 Å². The van der Waals surface area contributed by atoms with Crippen molar-refractivity contribution in [3.05, 3.63) is 89.0 Å². The third-order valence-electron chi connectivity index (χ3n) is 5.97. The van der Waals surface area contributed by atoms with Gasteiger partial charge in [0.15, 0.2) is 5.65 Å². The van der Waals surface area contributed by atoms with E-state index in [4.69, 9.17) is 0 Å². The Morgan fingerprint density at radius 3 is 2.42 bits per heavy atom. The average molecular weight is 458 g/mol. The summed E-state index contributed by atoms with van der Waals surface area (Å²) >= 11 is 0. The van der Waals surface area contributed by atoms with E-state index < -0.39 is 9.84 Å². The van der Waals surface area contributed by atoms with E-state index in [9.17, 15) is 8.42 Å². The monoisotopic (exact) mass is 457 g/mol. The summed E-state index contributed by atoms with van der Waals surface area (Å²) in [7, 11) is -3.91. The second kappa shape index (κ2) is 7.97. The second-order valence-electron chi connectivity index (χ2n) is 8.14. The van der Waals surface area contributed by atoms with Gasteiger partial charge in [0.2, 0.25) is 14.9 Å². The molecule has 0 aliphatic heterocycles. The SMILES string of the molecule is Cc1ccc(S(=O)(=O)c2nnn3c2nc(NCc2ccccc2C)c2ccccc23)cc1C. The number of anilines is 1. The highest BCUT2D eigenvalue weighted by Gasteiger charge is 2.27. The third kappa shape index (κ3) is 3.62. The predicted molar refractivity (Wildman–Crippen MR) is 128 cm³/mol. The summed E-state index contributed by atoms with van der Waals surface area (Å²) in [5.74, 6) is 0.584. The molecule has 2 aromatic heterocycles. The molecule has 5 aromatic rings. The topological polar surface area (TPSA) is 89.2 Å². The lowest BCUT2D eigenvalue weighted by molar-refractivity contribution is 0.592. The number of nitrogens with zero attached hydrogens (tertiary/aromatic N) is 4. The van der Waals surface area contributed by atoms with Crippen LogP contribution in [0.25, 0.3) is 16.6 Å². The van der Waals surface area contributed by atoms with Crippen LogP contribution >= 0.6 is 0 Å². The molecule has 0 aliphatic rings. The zero-order chi connectivity index (χ0) is 23.2. The van der Waals surface area contributed by atoms with E-state index in [0.717, 1.165) is 27.6 Å². The lowest BCUT2D eigenvalue weighted by Crippen LogP contribution is -2.08. The fourth-order valence-electron chi connectivity index (χ4n) is 3.83. The number of hydrogen-bond acceptors (Lipinski definition) is 6. The first-order valence-corrected chi connectivity index (χ1v) is 12.1. The quantitative estimate of drug-likeness (QED) is 0.413. The highest BCUT2D eigenvalue weighted by atomic mass is 32.2. The molecule has 2 heterocycles. The lowest BCUT2D eigenvalue weighted by Gasteiger charge is -2.12. The standard InChI is InChI=1S/C25H23N5O2S/c1-16-12-13-20(14-18(16)3)33(31,32)25-24-27-23(26-15-19-9-5-4-8-17(19)2)21-10-6-7-11-22(21)30(24)29-28-25/h4-14H,15H2,1-3H3,(H,26,27). The molecule has 0 unspecified atom stereocenters. The summed E-state index contributed by atoms with van der Waals surface area (Å²) in [4.78, 5) is 4.87. The summed E-state index contributed by atoms with van der Waals surface area (Å²) in [6.07, 6.45) is 0. The largest absolute Gasteiger partial charge is 0.365 e. The van der Waals surface area contributed by atoms with E-state index >= 15 is 0 Å². The summed E-state index contributed by atoms with van der Waals surface area (Å²) in [6, 6.07) is 20.8. The lowest BCUT2D eigenvalue weighted by atomic mass is 10.1. The first-order chi connectivity index (χ1) is 15.9. The van der Waals surface area contributed by atoms with Crippen LogP contribution in [0.4, 0.5) is 5.82 Å². The molecule has 0 aliphatic carbocycles. The molecule has 0 fully saturated rings. The normalized spacial score (nSPS) is 11.8. The smallest absolute Gasteiger partial charge is 0.229 e. The molecule has 8 heteroatoms. The van der Waals surface area contributed by atoms with Gasteiger partial charge in [0, 0.05) is 11.9 Å². The fourth-order valence-corrected chi connectivity index (χ4v) is 5.15. The molecule has 0 amide bonds. The van der Waals surface area contributed by atoms with Crippen LogP contribution < -0.4 is 5.32 Å². The van der Waals surface area contributed by atoms with Crippen molar-refractivity contribution in [3.8, 4) is 0 Å². The summed E-state index contributed by atoms with van der Waals surface area (Å²) in [6.45, 7) is 6.44. The molecular weight excluding hydrogens is 434 g/mol. The van der Waals surface area contributed by atoms with Crippen molar-refractivity contribution < 1.29 is 8.42 Å². The van der Waals surface area contributed by atoms with E-state index in [1.807, 2.05) is 50.2 Å². The van der Waals surface area contributed by atoms with Crippen molar-refractivity contribution in [2.45, 2.75) is 37.2 Å². The van der Waals surface area contributed by atoms with Gasteiger partial charge in [-0.05, 0) is 67.3 Å². The van der Waals surface area contributed by atoms with Crippen LogP contribution in [0.2, 0.25) is 0 Å². The third-order valence-corrected chi connectivity index (χ3v) is 7.62. The van der Waals surface area contributed by atoms with Gasteiger partial charge < -0.3 is 5.32 Å². The predicted octanol–water partition coefficient (Wildman–Crippen LogP) is 4.65. The summed E-state index contributed by atoms with van der Waals surface area (Å²) in [5, 5.41) is 12.3. The highest BCUT2D eigenvalue weighted by Crippen LogP contribution is 2.29. The van der Waals surface area contributed by atoms with Gasteiger partial charge in [-0.25, -0.2) is 13.4 Å². The zero-order valence-corrected chi connectivity index (χ0v) is 19.4. The number of sulfone groups is 1. The molecule has 0 bridgehead atoms. The Kier molecular flexibility index (Phi) is 5.09. The number of fused-ring (bicyclic) bond motifs is 3. The van der Waals surface area contributed by atoms with Crippen molar-refractivity contribution in [1.82, 2.24) is 19.8 Å². The average Bonchev–Trinajstić information content (AvgIpc) is 3.25. The Bertz CT molecular complexity index is 1620. The van der Waals surface area contributed by atoms with Gasteiger partial charge in [0.1, 0.15) is 5.82 Å². The van der Waals surface area contributed by atoms with Gasteiger partial charge in [-0.1, -0.05) is 47.7 Å². The number of aryl methyl sites for hydroxylation is 3. The molecule has 0 saturated heterocycles. The minimum atomic E-state index is -3.91. The minimum Gasteiger partial charge on any atom is -0.365 e. The Morgan fingerprint density at radius 1 is 0.879 bits per heavy atom. The van der Waals surface area contributed by atoms with Crippen molar-refractivity contribution in [2.75, 3.05) is 5.32 Å². The van der Waals surface area contributed by atoms with Crippen LogP contribution in [0.5, 0.6) is 0 Å². The van der Waals surface area contributed by atoms with Crippen LogP contribution in [0.3, 0.4) is 0 Å². The molecule has 7 nitrogen and oxygen atoms in total. The summed E-state index contributed by atoms with van der Waals surface area (Å²) in [5.41, 5.74) is 5.14. The first kappa shape index (κ1) is 21.1. The number of nitrogens with one attached hydrogen (secondary N) is 1. The number of rotatable bonds is 5. The second-order valence-corrected chi connectivity index (χ2v) is 10.0. The highest BCUT2D eigenvalue weighted by molar-refractivity contribution is 7.91. The number of hydrogen-bond donors (Lipinski definition) is 1. The molecule has 5 rings (SSSR count). The van der Waals surface area contributed by atoms with Crippen molar-refractivity contribution in [3.63, 3.8) is 0 Å². The summed E-state index contributed by atoms with van der Waals surface area (Å²) < 4.78 is 28.4. The maximum atomic E-state index is 13.5. The van der Waals surface area contributed by atoms with Gasteiger partial charge in [-0.15, -0.1) is 5.10 Å². The Balaban J connectivity index is 1.66. The van der Waals surface area contributed by atoms with Crippen LogP contribution in [0.15, 0.2) is 76.7 Å². The van der Waals surface area contributed by atoms with Crippen molar-refractivity contribution >= 4 is 32.2 Å². The van der Waals surface area contributed by atoms with Gasteiger partial charge in [0.05, 0.1) is 10.4 Å². The Hall–Kier alpha value is -3.78.